The second-order valence-corrected chi connectivity index (χ2v) is 3.35. The molecule has 2 aromatic rings. The van der Waals surface area contributed by atoms with Gasteiger partial charge in [-0.05, 0) is 12.1 Å². The minimum absolute atomic E-state index is 0.176. The summed E-state index contributed by atoms with van der Waals surface area (Å²) in [7, 11) is 0. The van der Waals surface area contributed by atoms with E-state index in [0.29, 0.717) is 16.5 Å². The zero-order chi connectivity index (χ0) is 10.1. The summed E-state index contributed by atoms with van der Waals surface area (Å²) in [6, 6.07) is 2.91. The summed E-state index contributed by atoms with van der Waals surface area (Å²) < 4.78 is 1.53. The largest absolute Gasteiger partial charge is 0.394 e. The number of rotatable bonds is 2. The fourth-order valence-electron chi connectivity index (χ4n) is 1.11. The molecule has 6 heteroatoms. The molecule has 3 N–H and O–H groups in total. The number of nitrogens with zero attached hydrogens (tertiary/aromatic N) is 3. The van der Waals surface area contributed by atoms with E-state index in [2.05, 4.69) is 10.1 Å². The third kappa shape index (κ3) is 1.57. The zero-order valence-electron chi connectivity index (χ0n) is 7.26. The summed E-state index contributed by atoms with van der Waals surface area (Å²) in [5.74, 6) is 0.412. The number of nitrogens with two attached hydrogens (primary N) is 1. The van der Waals surface area contributed by atoms with Crippen molar-refractivity contribution in [3.05, 3.63) is 29.2 Å². The maximum atomic E-state index is 8.83. The molecule has 1 atom stereocenters. The van der Waals surface area contributed by atoms with Crippen LogP contribution in [0.4, 0.5) is 0 Å². The Morgan fingerprint density at radius 3 is 3.07 bits per heavy atom. The Hall–Kier alpha value is -1.17. The summed E-state index contributed by atoms with van der Waals surface area (Å²) in [6.07, 6.45) is 1.64. The van der Waals surface area contributed by atoms with Gasteiger partial charge in [0.25, 0.3) is 0 Å². The van der Waals surface area contributed by atoms with Crippen LogP contribution in [-0.2, 0) is 0 Å². The SMILES string of the molecule is NC(CO)c1nc2ccc(Cl)cn2n1. The number of halogens is 1. The Balaban J connectivity index is 2.51. The van der Waals surface area contributed by atoms with Crippen molar-refractivity contribution in [2.24, 2.45) is 5.73 Å². The first kappa shape index (κ1) is 9.39. The number of aliphatic hydroxyl groups excluding tert-OH is 1. The molecule has 0 aliphatic carbocycles. The smallest absolute Gasteiger partial charge is 0.170 e. The summed E-state index contributed by atoms with van der Waals surface area (Å²) in [6.45, 7) is -0.176. The Morgan fingerprint density at radius 2 is 2.36 bits per heavy atom. The van der Waals surface area contributed by atoms with Gasteiger partial charge < -0.3 is 10.8 Å². The average molecular weight is 213 g/mol. The Bertz CT molecular complexity index is 456. The van der Waals surface area contributed by atoms with Crippen molar-refractivity contribution >= 4 is 17.2 Å². The van der Waals surface area contributed by atoms with Crippen LogP contribution in [-0.4, -0.2) is 26.3 Å². The number of hydrogen-bond acceptors (Lipinski definition) is 4. The second kappa shape index (κ2) is 3.53. The first-order valence-electron chi connectivity index (χ1n) is 4.09. The van der Waals surface area contributed by atoms with Gasteiger partial charge in [-0.2, -0.15) is 0 Å². The minimum atomic E-state index is -0.548. The summed E-state index contributed by atoms with van der Waals surface area (Å²) in [5, 5.41) is 13.5. The van der Waals surface area contributed by atoms with Gasteiger partial charge >= 0.3 is 0 Å². The molecular formula is C8H9ClN4O. The van der Waals surface area contributed by atoms with Gasteiger partial charge in [-0.15, -0.1) is 5.10 Å². The second-order valence-electron chi connectivity index (χ2n) is 2.91. The van der Waals surface area contributed by atoms with Crippen molar-refractivity contribution in [3.8, 4) is 0 Å². The van der Waals surface area contributed by atoms with Gasteiger partial charge in [-0.3, -0.25) is 0 Å². The monoisotopic (exact) mass is 212 g/mol. The predicted octanol–water partition coefficient (Wildman–Crippen LogP) is 0.375. The van der Waals surface area contributed by atoms with Gasteiger partial charge in [0.1, 0.15) is 0 Å². The molecule has 0 spiro atoms. The van der Waals surface area contributed by atoms with Gasteiger partial charge in [0.2, 0.25) is 0 Å². The normalized spacial score (nSPS) is 13.4. The number of hydrogen-bond donors (Lipinski definition) is 2. The van der Waals surface area contributed by atoms with E-state index in [1.807, 2.05) is 0 Å². The topological polar surface area (TPSA) is 76.4 Å². The van der Waals surface area contributed by atoms with Gasteiger partial charge in [-0.25, -0.2) is 9.50 Å². The molecular weight excluding hydrogens is 204 g/mol. The molecule has 5 nitrogen and oxygen atoms in total. The average Bonchev–Trinajstić information content (AvgIpc) is 2.59. The lowest BCUT2D eigenvalue weighted by Gasteiger charge is -1.99. The highest BCUT2D eigenvalue weighted by atomic mass is 35.5. The molecule has 2 heterocycles. The summed E-state index contributed by atoms with van der Waals surface area (Å²) in [4.78, 5) is 4.13. The van der Waals surface area contributed by atoms with E-state index in [4.69, 9.17) is 22.4 Å². The minimum Gasteiger partial charge on any atom is -0.394 e. The molecule has 0 aliphatic rings. The fraction of sp³-hybridized carbons (Fsp3) is 0.250. The van der Waals surface area contributed by atoms with Gasteiger partial charge in [0.15, 0.2) is 11.5 Å². The Morgan fingerprint density at radius 1 is 1.57 bits per heavy atom. The van der Waals surface area contributed by atoms with Crippen LogP contribution >= 0.6 is 11.6 Å². The van der Waals surface area contributed by atoms with Gasteiger partial charge in [-0.1, -0.05) is 11.6 Å². The molecule has 2 aromatic heterocycles. The van der Waals surface area contributed by atoms with E-state index < -0.39 is 6.04 Å². The van der Waals surface area contributed by atoms with Crippen LogP contribution in [0.1, 0.15) is 11.9 Å². The van der Waals surface area contributed by atoms with Crippen LogP contribution in [0.3, 0.4) is 0 Å². The number of pyridine rings is 1. The van der Waals surface area contributed by atoms with E-state index in [1.165, 1.54) is 4.52 Å². The van der Waals surface area contributed by atoms with Crippen LogP contribution in [0.15, 0.2) is 18.3 Å². The zero-order valence-corrected chi connectivity index (χ0v) is 8.02. The van der Waals surface area contributed by atoms with Crippen LogP contribution in [0, 0.1) is 0 Å². The van der Waals surface area contributed by atoms with Crippen molar-refractivity contribution in [1.29, 1.82) is 0 Å². The summed E-state index contributed by atoms with van der Waals surface area (Å²) in [5.41, 5.74) is 6.24. The molecule has 0 radical (unpaired) electrons. The predicted molar refractivity (Wildman–Crippen MR) is 52.0 cm³/mol. The first-order chi connectivity index (χ1) is 6.70. The fourth-order valence-corrected chi connectivity index (χ4v) is 1.27. The van der Waals surface area contributed by atoms with E-state index in [9.17, 15) is 0 Å². The molecule has 14 heavy (non-hydrogen) atoms. The third-order valence-corrected chi connectivity index (χ3v) is 2.06. The van der Waals surface area contributed by atoms with Crippen LogP contribution in [0.2, 0.25) is 5.02 Å². The van der Waals surface area contributed by atoms with Gasteiger partial charge in [0.05, 0.1) is 17.7 Å². The summed E-state index contributed by atoms with van der Waals surface area (Å²) >= 11 is 5.77. The molecule has 0 fully saturated rings. The number of aromatic nitrogens is 3. The van der Waals surface area contributed by atoms with E-state index >= 15 is 0 Å². The standard InChI is InChI=1S/C8H9ClN4O/c9-5-1-2-7-11-8(6(10)4-14)12-13(7)3-5/h1-3,6,14H,4,10H2. The maximum Gasteiger partial charge on any atom is 0.170 e. The molecule has 0 aliphatic heterocycles. The van der Waals surface area contributed by atoms with E-state index in [-0.39, 0.29) is 6.61 Å². The lowest BCUT2D eigenvalue weighted by molar-refractivity contribution is 0.263. The van der Waals surface area contributed by atoms with Crippen molar-refractivity contribution in [2.45, 2.75) is 6.04 Å². The van der Waals surface area contributed by atoms with Crippen molar-refractivity contribution in [3.63, 3.8) is 0 Å². The Labute approximate surface area is 85.1 Å². The van der Waals surface area contributed by atoms with Gasteiger partial charge in [0, 0.05) is 6.20 Å². The molecule has 0 saturated carbocycles. The highest BCUT2D eigenvalue weighted by Crippen LogP contribution is 2.11. The molecule has 0 aromatic carbocycles. The van der Waals surface area contributed by atoms with Crippen molar-refractivity contribution in [1.82, 2.24) is 14.6 Å². The van der Waals surface area contributed by atoms with Crippen molar-refractivity contribution < 1.29 is 5.11 Å². The maximum absolute atomic E-state index is 8.83. The van der Waals surface area contributed by atoms with Crippen LogP contribution < -0.4 is 5.73 Å². The highest BCUT2D eigenvalue weighted by molar-refractivity contribution is 6.30. The molecule has 1 unspecified atom stereocenters. The number of fused-ring (bicyclic) bond motifs is 1. The highest BCUT2D eigenvalue weighted by Gasteiger charge is 2.10. The lowest BCUT2D eigenvalue weighted by atomic mass is 10.3. The van der Waals surface area contributed by atoms with E-state index in [1.54, 1.807) is 18.3 Å². The number of aliphatic hydroxyl groups is 1. The molecule has 0 bridgehead atoms. The first-order valence-corrected chi connectivity index (χ1v) is 4.47. The quantitative estimate of drug-likeness (QED) is 0.755. The Kier molecular flexibility index (Phi) is 2.37. The molecule has 74 valence electrons. The third-order valence-electron chi connectivity index (χ3n) is 1.84. The van der Waals surface area contributed by atoms with Crippen molar-refractivity contribution in [2.75, 3.05) is 6.61 Å². The lowest BCUT2D eigenvalue weighted by Crippen LogP contribution is -2.16. The van der Waals surface area contributed by atoms with E-state index in [0.717, 1.165) is 0 Å². The van der Waals surface area contributed by atoms with Crippen LogP contribution in [0.25, 0.3) is 5.65 Å². The molecule has 0 saturated heterocycles. The van der Waals surface area contributed by atoms with Crippen LogP contribution in [0.5, 0.6) is 0 Å². The molecule has 2 rings (SSSR count). The molecule has 0 amide bonds.